The molecule has 0 aliphatic rings. The van der Waals surface area contributed by atoms with Crippen molar-refractivity contribution in [3.05, 3.63) is 42.5 Å². The average molecular weight is 219 g/mol. The SMILES string of the molecule is C=CCOC(=O)c1ccc(NC(C)=O)cc1. The van der Waals surface area contributed by atoms with Gasteiger partial charge in [0, 0.05) is 12.6 Å². The van der Waals surface area contributed by atoms with E-state index < -0.39 is 5.97 Å². The molecule has 0 saturated carbocycles. The summed E-state index contributed by atoms with van der Waals surface area (Å²) in [6.07, 6.45) is 1.50. The molecule has 0 aliphatic heterocycles. The van der Waals surface area contributed by atoms with Gasteiger partial charge in [0.15, 0.2) is 0 Å². The molecule has 0 atom stereocenters. The van der Waals surface area contributed by atoms with Crippen LogP contribution in [0.1, 0.15) is 17.3 Å². The van der Waals surface area contributed by atoms with E-state index >= 15 is 0 Å². The van der Waals surface area contributed by atoms with E-state index in [4.69, 9.17) is 4.74 Å². The van der Waals surface area contributed by atoms with E-state index in [1.54, 1.807) is 24.3 Å². The van der Waals surface area contributed by atoms with Crippen molar-refractivity contribution in [2.24, 2.45) is 0 Å². The molecule has 84 valence electrons. The average Bonchev–Trinajstić information content (AvgIpc) is 2.26. The summed E-state index contributed by atoms with van der Waals surface area (Å²) in [5.41, 5.74) is 1.09. The van der Waals surface area contributed by atoms with Crippen LogP contribution in [0.5, 0.6) is 0 Å². The summed E-state index contributed by atoms with van der Waals surface area (Å²) in [7, 11) is 0. The monoisotopic (exact) mass is 219 g/mol. The number of carbonyl (C=O) groups is 2. The van der Waals surface area contributed by atoms with Crippen molar-refractivity contribution in [1.82, 2.24) is 0 Å². The van der Waals surface area contributed by atoms with Gasteiger partial charge in [-0.05, 0) is 24.3 Å². The van der Waals surface area contributed by atoms with Gasteiger partial charge in [-0.2, -0.15) is 0 Å². The number of rotatable bonds is 4. The first kappa shape index (κ1) is 12.0. The maximum absolute atomic E-state index is 11.4. The predicted molar refractivity (Wildman–Crippen MR) is 61.2 cm³/mol. The Morgan fingerprint density at radius 2 is 2.00 bits per heavy atom. The van der Waals surface area contributed by atoms with Gasteiger partial charge in [0.05, 0.1) is 5.56 Å². The third kappa shape index (κ3) is 3.57. The summed E-state index contributed by atoms with van der Waals surface area (Å²) in [4.78, 5) is 22.1. The molecule has 16 heavy (non-hydrogen) atoms. The van der Waals surface area contributed by atoms with Crippen molar-refractivity contribution >= 4 is 17.6 Å². The fraction of sp³-hybridized carbons (Fsp3) is 0.167. The molecule has 0 aromatic heterocycles. The lowest BCUT2D eigenvalue weighted by molar-refractivity contribution is -0.114. The minimum Gasteiger partial charge on any atom is -0.458 e. The zero-order valence-corrected chi connectivity index (χ0v) is 9.03. The van der Waals surface area contributed by atoms with Gasteiger partial charge in [-0.3, -0.25) is 4.79 Å². The molecule has 1 aromatic carbocycles. The van der Waals surface area contributed by atoms with Crippen LogP contribution >= 0.6 is 0 Å². The zero-order valence-electron chi connectivity index (χ0n) is 9.03. The van der Waals surface area contributed by atoms with Gasteiger partial charge in [-0.25, -0.2) is 4.79 Å². The summed E-state index contributed by atoms with van der Waals surface area (Å²) in [5.74, 6) is -0.559. The Bertz CT molecular complexity index is 395. The molecule has 1 aromatic rings. The van der Waals surface area contributed by atoms with Crippen LogP contribution < -0.4 is 5.32 Å². The quantitative estimate of drug-likeness (QED) is 0.622. The van der Waals surface area contributed by atoms with Gasteiger partial charge in [0.25, 0.3) is 0 Å². The van der Waals surface area contributed by atoms with Crippen LogP contribution in [-0.2, 0) is 9.53 Å². The number of hydrogen-bond donors (Lipinski definition) is 1. The topological polar surface area (TPSA) is 55.4 Å². The summed E-state index contributed by atoms with van der Waals surface area (Å²) in [6, 6.07) is 6.48. The molecule has 4 heteroatoms. The van der Waals surface area contributed by atoms with Crippen LogP contribution in [0.2, 0.25) is 0 Å². The van der Waals surface area contributed by atoms with Crippen molar-refractivity contribution < 1.29 is 14.3 Å². The molecule has 4 nitrogen and oxygen atoms in total. The molecular weight excluding hydrogens is 206 g/mol. The maximum Gasteiger partial charge on any atom is 0.338 e. The third-order valence-electron chi connectivity index (χ3n) is 1.77. The number of anilines is 1. The second-order valence-corrected chi connectivity index (χ2v) is 3.15. The number of carbonyl (C=O) groups excluding carboxylic acids is 2. The van der Waals surface area contributed by atoms with Crippen LogP contribution in [0.25, 0.3) is 0 Å². The highest BCUT2D eigenvalue weighted by Crippen LogP contribution is 2.10. The molecule has 1 rings (SSSR count). The summed E-state index contributed by atoms with van der Waals surface area (Å²) in [5, 5.41) is 2.61. The van der Waals surface area contributed by atoms with Crippen LogP contribution in [0.3, 0.4) is 0 Å². The standard InChI is InChI=1S/C12H13NO3/c1-3-8-16-12(15)10-4-6-11(7-5-10)13-9(2)14/h3-7H,1,8H2,2H3,(H,13,14). The Hall–Kier alpha value is -2.10. The van der Waals surface area contributed by atoms with Gasteiger partial charge in [0.2, 0.25) is 5.91 Å². The zero-order chi connectivity index (χ0) is 12.0. The number of esters is 1. The Morgan fingerprint density at radius 1 is 1.38 bits per heavy atom. The lowest BCUT2D eigenvalue weighted by Gasteiger charge is -2.04. The highest BCUT2D eigenvalue weighted by molar-refractivity contribution is 5.92. The van der Waals surface area contributed by atoms with Crippen LogP contribution in [-0.4, -0.2) is 18.5 Å². The van der Waals surface area contributed by atoms with Gasteiger partial charge >= 0.3 is 5.97 Å². The fourth-order valence-corrected chi connectivity index (χ4v) is 1.11. The molecule has 1 amide bonds. The number of nitrogens with one attached hydrogen (secondary N) is 1. The molecule has 0 radical (unpaired) electrons. The summed E-state index contributed by atoms with van der Waals surface area (Å²) in [6.45, 7) is 5.06. The van der Waals surface area contributed by atoms with Gasteiger partial charge in [-0.15, -0.1) is 0 Å². The molecule has 0 bridgehead atoms. The number of amides is 1. The molecule has 0 aliphatic carbocycles. The minimum atomic E-state index is -0.408. The first-order chi connectivity index (χ1) is 7.63. The molecule has 1 N–H and O–H groups in total. The lowest BCUT2D eigenvalue weighted by atomic mass is 10.2. The predicted octanol–water partition coefficient (Wildman–Crippen LogP) is 1.99. The molecule has 0 saturated heterocycles. The van der Waals surface area contributed by atoms with Crippen molar-refractivity contribution in [2.75, 3.05) is 11.9 Å². The van der Waals surface area contributed by atoms with Gasteiger partial charge < -0.3 is 10.1 Å². The Balaban J connectivity index is 2.66. The summed E-state index contributed by atoms with van der Waals surface area (Å²) < 4.78 is 4.85. The molecule has 0 fully saturated rings. The second-order valence-electron chi connectivity index (χ2n) is 3.15. The Morgan fingerprint density at radius 3 is 2.50 bits per heavy atom. The van der Waals surface area contributed by atoms with Crippen molar-refractivity contribution in [1.29, 1.82) is 0 Å². The molecule has 0 unspecified atom stereocenters. The van der Waals surface area contributed by atoms with Crippen molar-refractivity contribution in [3.8, 4) is 0 Å². The first-order valence-electron chi connectivity index (χ1n) is 4.79. The van der Waals surface area contributed by atoms with Crippen LogP contribution in [0.4, 0.5) is 5.69 Å². The highest BCUT2D eigenvalue weighted by atomic mass is 16.5. The minimum absolute atomic E-state index is 0.151. The number of ether oxygens (including phenoxy) is 1. The fourth-order valence-electron chi connectivity index (χ4n) is 1.11. The van der Waals surface area contributed by atoms with Crippen molar-refractivity contribution in [3.63, 3.8) is 0 Å². The Kier molecular flexibility index (Phi) is 4.27. The maximum atomic E-state index is 11.4. The van der Waals surface area contributed by atoms with E-state index in [-0.39, 0.29) is 12.5 Å². The molecular formula is C12H13NO3. The van der Waals surface area contributed by atoms with E-state index in [2.05, 4.69) is 11.9 Å². The van der Waals surface area contributed by atoms with E-state index in [9.17, 15) is 9.59 Å². The van der Waals surface area contributed by atoms with E-state index in [0.29, 0.717) is 11.3 Å². The van der Waals surface area contributed by atoms with Gasteiger partial charge in [0.1, 0.15) is 6.61 Å². The number of benzene rings is 1. The largest absolute Gasteiger partial charge is 0.458 e. The van der Waals surface area contributed by atoms with Crippen molar-refractivity contribution in [2.45, 2.75) is 6.92 Å². The normalized spacial score (nSPS) is 9.31. The van der Waals surface area contributed by atoms with Crippen LogP contribution in [0.15, 0.2) is 36.9 Å². The van der Waals surface area contributed by atoms with E-state index in [1.807, 2.05) is 0 Å². The number of hydrogen-bond acceptors (Lipinski definition) is 3. The second kappa shape index (κ2) is 5.70. The van der Waals surface area contributed by atoms with Crippen LogP contribution in [0, 0.1) is 0 Å². The third-order valence-corrected chi connectivity index (χ3v) is 1.77. The highest BCUT2D eigenvalue weighted by Gasteiger charge is 2.05. The summed E-state index contributed by atoms with van der Waals surface area (Å²) >= 11 is 0. The van der Waals surface area contributed by atoms with E-state index in [0.717, 1.165) is 0 Å². The molecule has 0 heterocycles. The Labute approximate surface area is 93.9 Å². The van der Waals surface area contributed by atoms with Gasteiger partial charge in [-0.1, -0.05) is 12.7 Å². The van der Waals surface area contributed by atoms with E-state index in [1.165, 1.54) is 13.0 Å². The smallest absolute Gasteiger partial charge is 0.338 e. The lowest BCUT2D eigenvalue weighted by Crippen LogP contribution is -2.07. The molecule has 0 spiro atoms. The first-order valence-corrected chi connectivity index (χ1v) is 4.79.